The van der Waals surface area contributed by atoms with Crippen LogP contribution in [0.25, 0.3) is 0 Å². The Labute approximate surface area is 236 Å². The summed E-state index contributed by atoms with van der Waals surface area (Å²) < 4.78 is 0. The van der Waals surface area contributed by atoms with Crippen molar-refractivity contribution >= 4 is 32.2 Å². The zero-order valence-corrected chi connectivity index (χ0v) is 30.0. The normalized spacial score (nSPS) is 35.9. The van der Waals surface area contributed by atoms with Gasteiger partial charge in [-0.1, -0.05) is 111 Å². The average Bonchev–Trinajstić information content (AvgIpc) is 3.37. The molecule has 0 aliphatic heterocycles. The van der Waals surface area contributed by atoms with Crippen molar-refractivity contribution in [1.29, 1.82) is 0 Å². The Kier molecular flexibility index (Phi) is 14.9. The monoisotopic (exact) mass is 622 g/mol. The second kappa shape index (κ2) is 14.9. The molecular formula is C29H58Cl2Si2Zr. The molecule has 4 aliphatic carbocycles. The van der Waals surface area contributed by atoms with Gasteiger partial charge in [0.05, 0.1) is 0 Å². The molecule has 0 aromatic rings. The fourth-order valence-electron chi connectivity index (χ4n) is 9.60. The molecule has 0 saturated heterocycles. The second-order valence-electron chi connectivity index (χ2n) is 13.3. The first kappa shape index (κ1) is 33.9. The molecule has 200 valence electrons. The minimum absolute atomic E-state index is 0. The molecule has 0 nitrogen and oxygen atoms in total. The zero-order valence-electron chi connectivity index (χ0n) is 24.1. The summed E-state index contributed by atoms with van der Waals surface area (Å²) in [7, 11) is 7.46. The van der Waals surface area contributed by atoms with Crippen LogP contribution in [0.1, 0.15) is 97.3 Å². The Morgan fingerprint density at radius 1 is 0.735 bits per heavy atom. The van der Waals surface area contributed by atoms with E-state index in [9.17, 15) is 0 Å². The Hall–Kier alpha value is 1.90. The fraction of sp³-hybridized carbons (Fsp3) is 0.931. The third-order valence-corrected chi connectivity index (χ3v) is 32.4. The van der Waals surface area contributed by atoms with Crippen molar-refractivity contribution in [2.24, 2.45) is 35.5 Å². The summed E-state index contributed by atoms with van der Waals surface area (Å²) in [6.45, 7) is 16.7. The Morgan fingerprint density at radius 3 is 1.82 bits per heavy atom. The quantitative estimate of drug-likeness (QED) is 0.204. The predicted octanol–water partition coefficient (Wildman–Crippen LogP) is 11.4. The Bertz CT molecular complexity index is 584. The number of hydrogen-bond acceptors (Lipinski definition) is 0. The molecule has 0 amide bonds. The molecule has 8 atom stereocenters. The van der Waals surface area contributed by atoms with E-state index in [1.165, 1.54) is 23.9 Å². The van der Waals surface area contributed by atoms with E-state index in [-0.39, 0.29) is 14.9 Å². The van der Waals surface area contributed by atoms with Gasteiger partial charge in [0.1, 0.15) is 0 Å². The standard InChI is InChI=1S/C27H52Si2.2CH3.2ClH.Zr/c1-7-12-20(2)25-19-27(24-16-11-10-15-23(24)25)29(5,6)28(3,4)26-18-17-21-13-8-9-14-22(21)26;;;;;/h20-27H,7-19H2,1-6H3;2*1H3;2*1H;/q;2*-1;;;+4/p-2. The number of rotatable bonds is 6. The van der Waals surface area contributed by atoms with E-state index >= 15 is 0 Å². The van der Waals surface area contributed by atoms with Crippen molar-refractivity contribution in [2.45, 2.75) is 135 Å². The van der Waals surface area contributed by atoms with Gasteiger partial charge < -0.3 is 14.9 Å². The van der Waals surface area contributed by atoms with Gasteiger partial charge in [-0.2, -0.15) is 0 Å². The van der Waals surface area contributed by atoms with Crippen molar-refractivity contribution in [3.05, 3.63) is 14.9 Å². The van der Waals surface area contributed by atoms with Gasteiger partial charge in [0.25, 0.3) is 0 Å². The summed E-state index contributed by atoms with van der Waals surface area (Å²) in [4.78, 5) is 0. The van der Waals surface area contributed by atoms with Crippen molar-refractivity contribution in [3.63, 3.8) is 0 Å². The van der Waals surface area contributed by atoms with Crippen LogP contribution < -0.4 is 0 Å². The van der Waals surface area contributed by atoms with E-state index in [2.05, 4.69) is 40.0 Å². The van der Waals surface area contributed by atoms with Crippen LogP contribution in [0.3, 0.4) is 0 Å². The number of halogens is 2. The molecule has 34 heavy (non-hydrogen) atoms. The molecule has 8 unspecified atom stereocenters. The molecule has 0 aromatic heterocycles. The predicted molar refractivity (Wildman–Crippen MR) is 159 cm³/mol. The maximum atomic E-state index is 4.93. The average molecular weight is 625 g/mol. The van der Waals surface area contributed by atoms with Crippen molar-refractivity contribution in [3.8, 4) is 0 Å². The van der Waals surface area contributed by atoms with Crippen LogP contribution in [0.15, 0.2) is 0 Å². The third-order valence-electron chi connectivity index (χ3n) is 11.8. The topological polar surface area (TPSA) is 0 Å². The maximum absolute atomic E-state index is 4.93. The third kappa shape index (κ3) is 6.90. The van der Waals surface area contributed by atoms with E-state index < -0.39 is 36.0 Å². The first-order valence-corrected chi connectivity index (χ1v) is 27.6. The molecule has 4 rings (SSSR count). The van der Waals surface area contributed by atoms with Crippen LogP contribution in [0.2, 0.25) is 37.3 Å². The molecular weight excluding hydrogens is 567 g/mol. The van der Waals surface area contributed by atoms with Gasteiger partial charge in [-0.05, 0) is 59.4 Å². The summed E-state index contributed by atoms with van der Waals surface area (Å²) in [5, 5.41) is 0. The van der Waals surface area contributed by atoms with Crippen LogP contribution >= 0.6 is 17.0 Å². The molecule has 5 heteroatoms. The van der Waals surface area contributed by atoms with Crippen LogP contribution in [0.4, 0.5) is 0 Å². The summed E-state index contributed by atoms with van der Waals surface area (Å²) in [6, 6.07) is 0. The Balaban J connectivity index is 0.00000110. The first-order chi connectivity index (χ1) is 15.2. The number of hydrogen-bond donors (Lipinski definition) is 0. The molecule has 0 radical (unpaired) electrons. The van der Waals surface area contributed by atoms with Crippen LogP contribution in [-0.4, -0.2) is 15.2 Å². The Morgan fingerprint density at radius 2 is 1.24 bits per heavy atom. The molecule has 0 aromatic carbocycles. The number of fused-ring (bicyclic) bond motifs is 2. The van der Waals surface area contributed by atoms with E-state index in [4.69, 9.17) is 17.0 Å². The molecule has 4 saturated carbocycles. The summed E-state index contributed by atoms with van der Waals surface area (Å²) in [5.74, 6) is 6.58. The summed E-state index contributed by atoms with van der Waals surface area (Å²) in [6.07, 6.45) is 20.3. The van der Waals surface area contributed by atoms with Gasteiger partial charge in [0.15, 0.2) is 0 Å². The molecule has 4 aliphatic rings. The van der Waals surface area contributed by atoms with E-state index in [0.717, 1.165) is 35.5 Å². The van der Waals surface area contributed by atoms with E-state index in [1.54, 1.807) is 70.6 Å². The van der Waals surface area contributed by atoms with Gasteiger partial charge in [0.2, 0.25) is 0 Å². The SMILES string of the molecule is CCCC(C)C1CC([Si](C)(C)[Si](C)(C)C2CCC3CCCCC32)C2CCCCC12.[CH3-].[CH3-].[Cl][Zr+2][Cl]. The minimum atomic E-state index is -1.22. The first-order valence-electron chi connectivity index (χ1n) is 14.2. The van der Waals surface area contributed by atoms with Crippen molar-refractivity contribution in [2.75, 3.05) is 0 Å². The van der Waals surface area contributed by atoms with Gasteiger partial charge in [-0.3, -0.25) is 0 Å². The van der Waals surface area contributed by atoms with Crippen LogP contribution in [0, 0.1) is 50.4 Å². The van der Waals surface area contributed by atoms with E-state index in [1.807, 2.05) is 0 Å². The van der Waals surface area contributed by atoms with Crippen LogP contribution in [0.5, 0.6) is 0 Å². The van der Waals surface area contributed by atoms with E-state index in [0.29, 0.717) is 0 Å². The molecule has 0 bridgehead atoms. The molecule has 0 N–H and O–H groups in total. The van der Waals surface area contributed by atoms with Crippen molar-refractivity contribution in [1.82, 2.24) is 0 Å². The molecule has 0 spiro atoms. The summed E-state index contributed by atoms with van der Waals surface area (Å²) >= 11 is -0.826. The summed E-state index contributed by atoms with van der Waals surface area (Å²) in [5.41, 5.74) is 2.35. The second-order valence-corrected chi connectivity index (χ2v) is 33.1. The van der Waals surface area contributed by atoms with Gasteiger partial charge in [0, 0.05) is 15.2 Å². The van der Waals surface area contributed by atoms with Gasteiger partial charge in [-0.15, -0.1) is 0 Å². The van der Waals surface area contributed by atoms with Gasteiger partial charge in [-0.25, -0.2) is 0 Å². The fourth-order valence-corrected chi connectivity index (χ4v) is 24.1. The molecule has 4 fully saturated rings. The van der Waals surface area contributed by atoms with Crippen LogP contribution in [-0.2, 0) is 20.8 Å². The van der Waals surface area contributed by atoms with Crippen molar-refractivity contribution < 1.29 is 20.8 Å². The zero-order chi connectivity index (χ0) is 23.5. The van der Waals surface area contributed by atoms with Gasteiger partial charge >= 0.3 is 37.9 Å². The molecule has 0 heterocycles.